The van der Waals surface area contributed by atoms with Crippen LogP contribution in [-0.2, 0) is 4.79 Å². The molecular weight excluding hydrogens is 399 g/mol. The quantitative estimate of drug-likeness (QED) is 0.736. The first-order chi connectivity index (χ1) is 14.9. The van der Waals surface area contributed by atoms with Gasteiger partial charge in [-0.25, -0.2) is 4.39 Å². The van der Waals surface area contributed by atoms with Crippen LogP contribution >= 0.6 is 0 Å². The molecule has 1 fully saturated rings. The van der Waals surface area contributed by atoms with Crippen LogP contribution < -0.4 is 14.8 Å². The minimum atomic E-state index is -0.382. The van der Waals surface area contributed by atoms with Crippen molar-refractivity contribution >= 4 is 17.4 Å². The number of ketones is 1. The van der Waals surface area contributed by atoms with Gasteiger partial charge in [-0.05, 0) is 75.7 Å². The fraction of sp³-hybridized carbons (Fsp3) is 0.417. The predicted octanol–water partition coefficient (Wildman–Crippen LogP) is 3.83. The molecule has 0 radical (unpaired) electrons. The topological polar surface area (TPSA) is 67.9 Å². The lowest BCUT2D eigenvalue weighted by Gasteiger charge is -2.35. The molecule has 0 aromatic heterocycles. The van der Waals surface area contributed by atoms with Crippen molar-refractivity contribution in [1.29, 1.82) is 0 Å². The van der Waals surface area contributed by atoms with E-state index in [0.717, 1.165) is 5.56 Å². The molecule has 1 atom stereocenters. The molecule has 2 aromatic rings. The number of nitrogens with zero attached hydrogens (tertiary/aromatic N) is 1. The number of fused-ring (bicyclic) bond motifs is 1. The standard InChI is InChI=1S/C24H27FN2O4/c1-15-3-5-19(25)14-20(15)26-24(29)16(2)27-9-7-17(8-10-27)23(28)18-4-6-21-22(13-18)31-12-11-30-21/h3-6,13-14,16-17H,7-12H2,1-2H3,(H,26,29). The van der Waals surface area contributed by atoms with Crippen molar-refractivity contribution in [2.45, 2.75) is 32.7 Å². The van der Waals surface area contributed by atoms with Crippen LogP contribution in [0.4, 0.5) is 10.1 Å². The number of benzene rings is 2. The third-order valence-electron chi connectivity index (χ3n) is 6.11. The molecule has 31 heavy (non-hydrogen) atoms. The minimum Gasteiger partial charge on any atom is -0.486 e. The summed E-state index contributed by atoms with van der Waals surface area (Å²) in [5.74, 6) is 0.749. The van der Waals surface area contributed by atoms with E-state index in [9.17, 15) is 14.0 Å². The number of likely N-dealkylation sites (tertiary alicyclic amines) is 1. The van der Waals surface area contributed by atoms with E-state index >= 15 is 0 Å². The lowest BCUT2D eigenvalue weighted by atomic mass is 9.88. The monoisotopic (exact) mass is 426 g/mol. The van der Waals surface area contributed by atoms with Gasteiger partial charge in [0.05, 0.1) is 6.04 Å². The Morgan fingerprint density at radius 2 is 1.77 bits per heavy atom. The number of carbonyl (C=O) groups is 2. The largest absolute Gasteiger partial charge is 0.486 e. The van der Waals surface area contributed by atoms with E-state index in [-0.39, 0.29) is 29.5 Å². The molecule has 1 N–H and O–H groups in total. The molecule has 164 valence electrons. The van der Waals surface area contributed by atoms with Crippen LogP contribution in [0, 0.1) is 18.7 Å². The summed E-state index contributed by atoms with van der Waals surface area (Å²) < 4.78 is 24.6. The second-order valence-electron chi connectivity index (χ2n) is 8.16. The van der Waals surface area contributed by atoms with Crippen LogP contribution in [0.5, 0.6) is 11.5 Å². The van der Waals surface area contributed by atoms with Gasteiger partial charge >= 0.3 is 0 Å². The summed E-state index contributed by atoms with van der Waals surface area (Å²) in [6.45, 7) is 5.97. The molecule has 2 aliphatic rings. The van der Waals surface area contributed by atoms with Crippen LogP contribution in [0.2, 0.25) is 0 Å². The van der Waals surface area contributed by atoms with Crippen molar-refractivity contribution in [2.75, 3.05) is 31.6 Å². The Kier molecular flexibility index (Phi) is 6.23. The highest BCUT2D eigenvalue weighted by Gasteiger charge is 2.31. The molecule has 0 bridgehead atoms. The first-order valence-corrected chi connectivity index (χ1v) is 10.7. The molecular formula is C24H27FN2O4. The molecule has 1 amide bonds. The number of anilines is 1. The number of hydrogen-bond donors (Lipinski definition) is 1. The smallest absolute Gasteiger partial charge is 0.241 e. The summed E-state index contributed by atoms with van der Waals surface area (Å²) in [7, 11) is 0. The second kappa shape index (κ2) is 9.06. The zero-order valence-corrected chi connectivity index (χ0v) is 17.8. The predicted molar refractivity (Wildman–Crippen MR) is 115 cm³/mol. The Morgan fingerprint density at radius 3 is 2.52 bits per heavy atom. The van der Waals surface area contributed by atoms with Gasteiger partial charge < -0.3 is 14.8 Å². The Labute approximate surface area is 181 Å². The van der Waals surface area contributed by atoms with Crippen molar-refractivity contribution < 1.29 is 23.5 Å². The van der Waals surface area contributed by atoms with E-state index in [1.54, 1.807) is 24.3 Å². The van der Waals surface area contributed by atoms with Crippen molar-refractivity contribution in [3.63, 3.8) is 0 Å². The number of aryl methyl sites for hydroxylation is 1. The van der Waals surface area contributed by atoms with E-state index in [1.165, 1.54) is 12.1 Å². The summed E-state index contributed by atoms with van der Waals surface area (Å²) in [4.78, 5) is 27.7. The van der Waals surface area contributed by atoms with Gasteiger partial charge in [-0.1, -0.05) is 6.07 Å². The average molecular weight is 426 g/mol. The second-order valence-corrected chi connectivity index (χ2v) is 8.16. The Bertz CT molecular complexity index is 986. The Morgan fingerprint density at radius 1 is 1.06 bits per heavy atom. The van der Waals surface area contributed by atoms with Gasteiger partial charge in [-0.3, -0.25) is 14.5 Å². The lowest BCUT2D eigenvalue weighted by Crippen LogP contribution is -2.47. The number of ether oxygens (including phenoxy) is 2. The highest BCUT2D eigenvalue weighted by Crippen LogP contribution is 2.32. The number of hydrogen-bond acceptors (Lipinski definition) is 5. The first-order valence-electron chi connectivity index (χ1n) is 10.7. The van der Waals surface area contributed by atoms with E-state index in [0.29, 0.717) is 61.9 Å². The summed E-state index contributed by atoms with van der Waals surface area (Å²) >= 11 is 0. The van der Waals surface area contributed by atoms with Crippen LogP contribution in [0.1, 0.15) is 35.7 Å². The van der Waals surface area contributed by atoms with Gasteiger partial charge in [0, 0.05) is 17.2 Å². The molecule has 1 unspecified atom stereocenters. The van der Waals surface area contributed by atoms with Gasteiger partial charge in [-0.15, -0.1) is 0 Å². The summed E-state index contributed by atoms with van der Waals surface area (Å²) in [6, 6.07) is 9.33. The summed E-state index contributed by atoms with van der Waals surface area (Å²) in [5.41, 5.74) is 1.93. The number of piperidine rings is 1. The van der Waals surface area contributed by atoms with Crippen molar-refractivity contribution in [1.82, 2.24) is 4.90 Å². The first kappa shape index (κ1) is 21.3. The van der Waals surface area contributed by atoms with E-state index in [1.807, 2.05) is 13.8 Å². The molecule has 2 aromatic carbocycles. The van der Waals surface area contributed by atoms with Crippen LogP contribution in [0.15, 0.2) is 36.4 Å². The van der Waals surface area contributed by atoms with Crippen LogP contribution in [-0.4, -0.2) is 48.9 Å². The van der Waals surface area contributed by atoms with Crippen LogP contribution in [0.3, 0.4) is 0 Å². The maximum absolute atomic E-state index is 13.5. The zero-order valence-electron chi connectivity index (χ0n) is 17.8. The van der Waals surface area contributed by atoms with E-state index < -0.39 is 0 Å². The van der Waals surface area contributed by atoms with Crippen LogP contribution in [0.25, 0.3) is 0 Å². The molecule has 1 saturated heterocycles. The summed E-state index contributed by atoms with van der Waals surface area (Å²) in [6.07, 6.45) is 1.37. The van der Waals surface area contributed by atoms with Crippen molar-refractivity contribution in [2.24, 2.45) is 5.92 Å². The minimum absolute atomic E-state index is 0.0838. The number of halogens is 1. The summed E-state index contributed by atoms with van der Waals surface area (Å²) in [5, 5.41) is 2.82. The molecule has 0 aliphatic carbocycles. The van der Waals surface area contributed by atoms with Crippen molar-refractivity contribution in [3.05, 3.63) is 53.3 Å². The third-order valence-corrected chi connectivity index (χ3v) is 6.11. The molecule has 7 heteroatoms. The zero-order chi connectivity index (χ0) is 22.0. The van der Waals surface area contributed by atoms with E-state index in [2.05, 4.69) is 10.2 Å². The SMILES string of the molecule is Cc1ccc(F)cc1NC(=O)C(C)N1CCC(C(=O)c2ccc3c(c2)OCCO3)CC1. The number of rotatable bonds is 5. The molecule has 2 heterocycles. The average Bonchev–Trinajstić information content (AvgIpc) is 2.80. The third kappa shape index (κ3) is 4.71. The van der Waals surface area contributed by atoms with Gasteiger partial charge in [0.1, 0.15) is 19.0 Å². The molecule has 2 aliphatic heterocycles. The molecule has 4 rings (SSSR count). The lowest BCUT2D eigenvalue weighted by molar-refractivity contribution is -0.121. The highest BCUT2D eigenvalue weighted by molar-refractivity contribution is 5.98. The van der Waals surface area contributed by atoms with Gasteiger partial charge in [0.15, 0.2) is 17.3 Å². The normalized spacial score (nSPS) is 17.8. The number of nitrogens with one attached hydrogen (secondary N) is 1. The Balaban J connectivity index is 1.34. The molecule has 6 nitrogen and oxygen atoms in total. The van der Waals surface area contributed by atoms with E-state index in [4.69, 9.17) is 9.47 Å². The van der Waals surface area contributed by atoms with Gasteiger partial charge in [-0.2, -0.15) is 0 Å². The maximum Gasteiger partial charge on any atom is 0.241 e. The number of amides is 1. The van der Waals surface area contributed by atoms with Gasteiger partial charge in [0.25, 0.3) is 0 Å². The maximum atomic E-state index is 13.5. The molecule has 0 saturated carbocycles. The number of carbonyl (C=O) groups excluding carboxylic acids is 2. The van der Waals surface area contributed by atoms with Gasteiger partial charge in [0.2, 0.25) is 5.91 Å². The van der Waals surface area contributed by atoms with Crippen molar-refractivity contribution in [3.8, 4) is 11.5 Å². The fourth-order valence-electron chi connectivity index (χ4n) is 4.11. The molecule has 0 spiro atoms. The number of Topliss-reactive ketones (excluding diaryl/α,β-unsaturated/α-hetero) is 1. The fourth-order valence-corrected chi connectivity index (χ4v) is 4.11. The highest BCUT2D eigenvalue weighted by atomic mass is 19.1. The Hall–Kier alpha value is -2.93.